The van der Waals surface area contributed by atoms with Crippen molar-refractivity contribution in [3.8, 4) is 11.5 Å². The first-order chi connectivity index (χ1) is 21.9. The fourth-order valence-electron chi connectivity index (χ4n) is 3.89. The molecule has 0 aliphatic carbocycles. The zero-order valence-electron chi connectivity index (χ0n) is 24.8. The number of nitrogens with one attached hydrogen (secondary N) is 2. The lowest BCUT2D eigenvalue weighted by atomic mass is 10.1. The van der Waals surface area contributed by atoms with Crippen molar-refractivity contribution in [1.29, 1.82) is 0 Å². The summed E-state index contributed by atoms with van der Waals surface area (Å²) < 4.78 is 33.2. The molecular weight excluding hydrogens is 655 g/mol. The number of anilines is 1. The minimum atomic E-state index is -4.29. The van der Waals surface area contributed by atoms with Crippen molar-refractivity contribution in [2.75, 3.05) is 31.7 Å². The number of sulfonamides is 1. The highest BCUT2D eigenvalue weighted by molar-refractivity contribution is 7.92. The normalized spacial score (nSPS) is 10.9. The van der Waals surface area contributed by atoms with E-state index in [4.69, 9.17) is 32.8 Å². The Hall–Kier alpha value is -4.78. The number of para-hydroxylation sites is 1. The Balaban J connectivity index is 1.32. The molecule has 0 aliphatic heterocycles. The van der Waals surface area contributed by atoms with Crippen LogP contribution in [-0.2, 0) is 21.2 Å². The van der Waals surface area contributed by atoms with Gasteiger partial charge in [0, 0.05) is 31.2 Å². The Kier molecular flexibility index (Phi) is 11.5. The van der Waals surface area contributed by atoms with E-state index < -0.39 is 27.9 Å². The number of hydrogen-bond acceptors (Lipinski definition) is 7. The maximum atomic E-state index is 13.7. The molecular formula is C32H30Cl2N4O7S. The third kappa shape index (κ3) is 9.13. The van der Waals surface area contributed by atoms with Crippen molar-refractivity contribution in [2.24, 2.45) is 0 Å². The number of halogens is 2. The van der Waals surface area contributed by atoms with Gasteiger partial charge in [0.05, 0.1) is 22.2 Å². The molecule has 0 fully saturated rings. The summed E-state index contributed by atoms with van der Waals surface area (Å²) in [5.74, 6) is -0.496. The second kappa shape index (κ2) is 15.5. The third-order valence-corrected chi connectivity index (χ3v) is 8.43. The molecule has 46 heavy (non-hydrogen) atoms. The fraction of sp³-hybridized carbons (Fsp3) is 0.156. The van der Waals surface area contributed by atoms with Crippen molar-refractivity contribution in [3.63, 3.8) is 0 Å². The van der Waals surface area contributed by atoms with Gasteiger partial charge in [-0.15, -0.1) is 0 Å². The van der Waals surface area contributed by atoms with E-state index in [0.717, 1.165) is 10.0 Å². The topological polar surface area (TPSA) is 134 Å². The van der Waals surface area contributed by atoms with E-state index in [2.05, 4.69) is 10.6 Å². The van der Waals surface area contributed by atoms with Crippen LogP contribution < -0.4 is 24.7 Å². The first kappa shape index (κ1) is 34.1. The molecule has 4 aromatic carbocycles. The maximum Gasteiger partial charge on any atom is 0.414 e. The van der Waals surface area contributed by atoms with E-state index in [1.54, 1.807) is 68.7 Å². The Bertz CT molecular complexity index is 1790. The lowest BCUT2D eigenvalue weighted by Crippen LogP contribution is -2.37. The van der Waals surface area contributed by atoms with E-state index in [9.17, 15) is 22.8 Å². The lowest BCUT2D eigenvalue weighted by molar-refractivity contribution is -0.120. The average Bonchev–Trinajstić information content (AvgIpc) is 3.04. The quantitative estimate of drug-likeness (QED) is 0.193. The van der Waals surface area contributed by atoms with Gasteiger partial charge in [-0.05, 0) is 78.7 Å². The predicted molar refractivity (Wildman–Crippen MR) is 175 cm³/mol. The van der Waals surface area contributed by atoms with Crippen LogP contribution in [0, 0.1) is 0 Å². The molecule has 2 N–H and O–H groups in total. The molecule has 0 unspecified atom stereocenters. The second-order valence-electron chi connectivity index (χ2n) is 9.95. The van der Waals surface area contributed by atoms with Crippen LogP contribution in [0.15, 0.2) is 102 Å². The second-order valence-corrected chi connectivity index (χ2v) is 12.5. The van der Waals surface area contributed by atoms with Crippen LogP contribution >= 0.6 is 23.2 Å². The van der Waals surface area contributed by atoms with Crippen molar-refractivity contribution in [3.05, 3.63) is 118 Å². The molecule has 0 heterocycles. The van der Waals surface area contributed by atoms with Crippen molar-refractivity contribution in [1.82, 2.24) is 15.5 Å². The molecule has 4 rings (SSSR count). The van der Waals surface area contributed by atoms with Crippen LogP contribution in [0.3, 0.4) is 0 Å². The fourth-order valence-corrected chi connectivity index (χ4v) is 5.58. The number of benzene rings is 4. The molecule has 11 nitrogen and oxygen atoms in total. The van der Waals surface area contributed by atoms with Gasteiger partial charge >= 0.3 is 6.09 Å². The molecule has 0 aromatic heterocycles. The number of carbonyl (C=O) groups is 3. The maximum absolute atomic E-state index is 13.7. The monoisotopic (exact) mass is 684 g/mol. The van der Waals surface area contributed by atoms with Gasteiger partial charge in [-0.3, -0.25) is 9.59 Å². The molecule has 240 valence electrons. The van der Waals surface area contributed by atoms with Crippen LogP contribution in [0.4, 0.5) is 10.5 Å². The minimum absolute atomic E-state index is 0.0635. The largest absolute Gasteiger partial charge is 0.414 e. The minimum Gasteiger partial charge on any atom is -0.410 e. The van der Waals surface area contributed by atoms with Gasteiger partial charge in [-0.2, -0.15) is 8.42 Å². The van der Waals surface area contributed by atoms with Gasteiger partial charge in [0.2, 0.25) is 5.91 Å². The standard InChI is InChI=1S/C32H30Cl2N4O7S/c1-37(2)32(41)44-26-13-8-22(9-14-26)18-19-35-30(39)21-36-31(40)23-10-15-27(16-11-23)46(42,43)38(25-6-4-3-5-7-25)45-29-17-12-24(33)20-28(29)34/h3-17,20H,18-19,21H2,1-2H3,(H,35,39)(H,36,40). The smallest absolute Gasteiger partial charge is 0.410 e. The van der Waals surface area contributed by atoms with E-state index in [0.29, 0.717) is 23.7 Å². The van der Waals surface area contributed by atoms with Crippen molar-refractivity contribution >= 4 is 56.8 Å². The first-order valence-corrected chi connectivity index (χ1v) is 16.0. The molecule has 4 aromatic rings. The summed E-state index contributed by atoms with van der Waals surface area (Å²) in [4.78, 5) is 43.5. The van der Waals surface area contributed by atoms with Crippen molar-refractivity contribution < 1.29 is 32.4 Å². The highest BCUT2D eigenvalue weighted by Crippen LogP contribution is 2.32. The van der Waals surface area contributed by atoms with Crippen molar-refractivity contribution in [2.45, 2.75) is 11.3 Å². The number of carbonyl (C=O) groups excluding carboxylic acids is 3. The van der Waals surface area contributed by atoms with E-state index in [1.807, 2.05) is 0 Å². The average molecular weight is 686 g/mol. The van der Waals surface area contributed by atoms with Crippen LogP contribution in [-0.4, -0.2) is 58.4 Å². The van der Waals surface area contributed by atoms with E-state index in [1.165, 1.54) is 47.4 Å². The summed E-state index contributed by atoms with van der Waals surface area (Å²) in [6.45, 7) is 0.0368. The molecule has 0 bridgehead atoms. The van der Waals surface area contributed by atoms with Gasteiger partial charge < -0.3 is 25.1 Å². The SMILES string of the molecule is CN(C)C(=O)Oc1ccc(CCNC(=O)CNC(=O)c2ccc(S(=O)(=O)N(Oc3ccc(Cl)cc3Cl)c3ccccc3)cc2)cc1. The van der Waals surface area contributed by atoms with Gasteiger partial charge in [0.25, 0.3) is 15.9 Å². The third-order valence-electron chi connectivity index (χ3n) is 6.31. The van der Waals surface area contributed by atoms with Gasteiger partial charge in [-0.25, -0.2) is 4.79 Å². The molecule has 0 saturated heterocycles. The Morgan fingerprint density at radius 1 is 0.826 bits per heavy atom. The van der Waals surface area contributed by atoms with Crippen LogP contribution in [0.1, 0.15) is 15.9 Å². The summed E-state index contributed by atoms with van der Waals surface area (Å²) >= 11 is 12.2. The van der Waals surface area contributed by atoms with E-state index >= 15 is 0 Å². The number of ether oxygens (including phenoxy) is 1. The first-order valence-electron chi connectivity index (χ1n) is 13.8. The van der Waals surface area contributed by atoms with Gasteiger partial charge in [0.1, 0.15) is 5.75 Å². The zero-order valence-corrected chi connectivity index (χ0v) is 27.1. The Morgan fingerprint density at radius 2 is 1.50 bits per heavy atom. The summed E-state index contributed by atoms with van der Waals surface area (Å²) in [5.41, 5.74) is 1.27. The summed E-state index contributed by atoms with van der Waals surface area (Å²) in [6, 6.07) is 24.6. The molecule has 14 heteroatoms. The van der Waals surface area contributed by atoms with E-state index in [-0.39, 0.29) is 33.5 Å². The summed E-state index contributed by atoms with van der Waals surface area (Å²) in [7, 11) is -1.12. The molecule has 0 radical (unpaired) electrons. The number of amides is 3. The van der Waals surface area contributed by atoms with Crippen LogP contribution in [0.25, 0.3) is 0 Å². The molecule has 0 aliphatic rings. The summed E-state index contributed by atoms with van der Waals surface area (Å²) in [6.07, 6.45) is 0.0363. The highest BCUT2D eigenvalue weighted by Gasteiger charge is 2.28. The number of nitrogens with zero attached hydrogens (tertiary/aromatic N) is 2. The zero-order chi connectivity index (χ0) is 33.3. The molecule has 0 atom stereocenters. The number of hydrogen-bond donors (Lipinski definition) is 2. The Morgan fingerprint density at radius 3 is 2.13 bits per heavy atom. The van der Waals surface area contributed by atoms with Gasteiger partial charge in [-0.1, -0.05) is 58.0 Å². The van der Waals surface area contributed by atoms with Gasteiger partial charge in [0.15, 0.2) is 5.75 Å². The lowest BCUT2D eigenvalue weighted by Gasteiger charge is -2.24. The molecule has 3 amide bonds. The predicted octanol–water partition coefficient (Wildman–Crippen LogP) is 5.33. The Labute approximate surface area is 276 Å². The van der Waals surface area contributed by atoms with Crippen LogP contribution in [0.2, 0.25) is 10.0 Å². The highest BCUT2D eigenvalue weighted by atomic mass is 35.5. The summed E-state index contributed by atoms with van der Waals surface area (Å²) in [5, 5.41) is 5.70. The molecule has 0 spiro atoms. The molecule has 0 saturated carbocycles. The number of rotatable bonds is 12. The van der Waals surface area contributed by atoms with Crippen LogP contribution in [0.5, 0.6) is 11.5 Å².